The van der Waals surface area contributed by atoms with Crippen LogP contribution in [0.2, 0.25) is 0 Å². The number of piperidine rings is 1. The van der Waals surface area contributed by atoms with Crippen LogP contribution in [0.5, 0.6) is 0 Å². The standard InChI is InChI=1S/C10H15BrN4/c11-9-6-12-7-13-10(9)14-8-15-4-2-1-3-5-15/h6-7H,1-5,8H2,(H,12,13,14). The Labute approximate surface area is 98.2 Å². The monoisotopic (exact) mass is 270 g/mol. The maximum absolute atomic E-state index is 4.17. The lowest BCUT2D eigenvalue weighted by atomic mass is 10.1. The molecule has 1 aliphatic heterocycles. The van der Waals surface area contributed by atoms with Crippen LogP contribution in [-0.2, 0) is 0 Å². The molecular weight excluding hydrogens is 256 g/mol. The van der Waals surface area contributed by atoms with Gasteiger partial charge in [-0.2, -0.15) is 0 Å². The number of rotatable bonds is 3. The van der Waals surface area contributed by atoms with Gasteiger partial charge in [0.2, 0.25) is 0 Å². The van der Waals surface area contributed by atoms with Crippen LogP contribution in [0.4, 0.5) is 5.82 Å². The van der Waals surface area contributed by atoms with Gasteiger partial charge < -0.3 is 5.32 Å². The molecule has 0 atom stereocenters. The molecule has 2 heterocycles. The second-order valence-electron chi connectivity index (χ2n) is 3.73. The number of anilines is 1. The summed E-state index contributed by atoms with van der Waals surface area (Å²) < 4.78 is 0.919. The summed E-state index contributed by atoms with van der Waals surface area (Å²) in [5.74, 6) is 0.871. The van der Waals surface area contributed by atoms with Gasteiger partial charge >= 0.3 is 0 Å². The molecule has 1 saturated heterocycles. The van der Waals surface area contributed by atoms with Crippen molar-refractivity contribution in [3.63, 3.8) is 0 Å². The van der Waals surface area contributed by atoms with Gasteiger partial charge in [0.25, 0.3) is 0 Å². The summed E-state index contributed by atoms with van der Waals surface area (Å²) in [6.07, 6.45) is 7.31. The number of nitrogens with one attached hydrogen (secondary N) is 1. The minimum Gasteiger partial charge on any atom is -0.356 e. The first-order chi connectivity index (χ1) is 7.36. The quantitative estimate of drug-likeness (QED) is 0.914. The molecule has 1 fully saturated rings. The van der Waals surface area contributed by atoms with Crippen molar-refractivity contribution >= 4 is 21.7 Å². The Morgan fingerprint density at radius 2 is 2.13 bits per heavy atom. The molecular formula is C10H15BrN4. The highest BCUT2D eigenvalue weighted by Gasteiger charge is 2.09. The van der Waals surface area contributed by atoms with Crippen molar-refractivity contribution in [1.82, 2.24) is 14.9 Å². The average molecular weight is 271 g/mol. The molecule has 0 aliphatic carbocycles. The van der Waals surface area contributed by atoms with Crippen LogP contribution in [0.25, 0.3) is 0 Å². The zero-order valence-electron chi connectivity index (χ0n) is 8.62. The zero-order chi connectivity index (χ0) is 10.5. The van der Waals surface area contributed by atoms with Gasteiger partial charge in [0, 0.05) is 6.20 Å². The van der Waals surface area contributed by atoms with Gasteiger partial charge in [-0.05, 0) is 41.9 Å². The number of likely N-dealkylation sites (tertiary alicyclic amines) is 1. The molecule has 0 unspecified atom stereocenters. The first-order valence-corrected chi connectivity index (χ1v) is 6.07. The molecule has 0 bridgehead atoms. The number of hydrogen-bond acceptors (Lipinski definition) is 4. The van der Waals surface area contributed by atoms with Crippen molar-refractivity contribution < 1.29 is 0 Å². The molecule has 82 valence electrons. The Morgan fingerprint density at radius 3 is 2.87 bits per heavy atom. The fourth-order valence-corrected chi connectivity index (χ4v) is 2.11. The Bertz CT molecular complexity index is 312. The van der Waals surface area contributed by atoms with E-state index in [-0.39, 0.29) is 0 Å². The molecule has 15 heavy (non-hydrogen) atoms. The molecule has 0 radical (unpaired) electrons. The van der Waals surface area contributed by atoms with Crippen LogP contribution in [0, 0.1) is 0 Å². The molecule has 2 rings (SSSR count). The van der Waals surface area contributed by atoms with Gasteiger partial charge in [-0.3, -0.25) is 4.90 Å². The summed E-state index contributed by atoms with van der Waals surface area (Å²) in [5, 5.41) is 3.31. The Morgan fingerprint density at radius 1 is 1.33 bits per heavy atom. The van der Waals surface area contributed by atoms with Crippen LogP contribution in [0.15, 0.2) is 17.0 Å². The summed E-state index contributed by atoms with van der Waals surface area (Å²) in [6, 6.07) is 0. The first kappa shape index (κ1) is 10.8. The highest BCUT2D eigenvalue weighted by molar-refractivity contribution is 9.10. The Balaban J connectivity index is 1.84. The molecule has 5 heteroatoms. The molecule has 4 nitrogen and oxygen atoms in total. The predicted octanol–water partition coefficient (Wildman–Crippen LogP) is 2.09. The molecule has 1 aromatic heterocycles. The van der Waals surface area contributed by atoms with E-state index in [2.05, 4.69) is 36.1 Å². The number of hydrogen-bond donors (Lipinski definition) is 1. The lowest BCUT2D eigenvalue weighted by Gasteiger charge is -2.26. The third-order valence-electron chi connectivity index (χ3n) is 2.59. The summed E-state index contributed by atoms with van der Waals surface area (Å²) in [6.45, 7) is 3.25. The normalized spacial score (nSPS) is 17.7. The molecule has 1 aromatic rings. The largest absolute Gasteiger partial charge is 0.356 e. The molecule has 0 amide bonds. The number of nitrogens with zero attached hydrogens (tertiary/aromatic N) is 3. The Kier molecular flexibility index (Phi) is 3.91. The number of aromatic nitrogens is 2. The second kappa shape index (κ2) is 5.42. The topological polar surface area (TPSA) is 41.1 Å². The van der Waals surface area contributed by atoms with Gasteiger partial charge in [-0.25, -0.2) is 9.97 Å². The van der Waals surface area contributed by atoms with Crippen molar-refractivity contribution in [2.75, 3.05) is 25.1 Å². The third kappa shape index (κ3) is 3.14. The van der Waals surface area contributed by atoms with Crippen LogP contribution in [-0.4, -0.2) is 34.6 Å². The minimum absolute atomic E-state index is 0.871. The molecule has 0 spiro atoms. The van der Waals surface area contributed by atoms with E-state index < -0.39 is 0 Å². The van der Waals surface area contributed by atoms with Crippen LogP contribution in [0.1, 0.15) is 19.3 Å². The second-order valence-corrected chi connectivity index (χ2v) is 4.59. The van der Waals surface area contributed by atoms with E-state index in [9.17, 15) is 0 Å². The Hall–Kier alpha value is -0.680. The van der Waals surface area contributed by atoms with Gasteiger partial charge in [0.1, 0.15) is 12.1 Å². The van der Waals surface area contributed by atoms with Crippen molar-refractivity contribution in [2.24, 2.45) is 0 Å². The number of halogens is 1. The van der Waals surface area contributed by atoms with Crippen LogP contribution < -0.4 is 5.32 Å². The summed E-state index contributed by atoms with van der Waals surface area (Å²) in [4.78, 5) is 10.5. The smallest absolute Gasteiger partial charge is 0.144 e. The van der Waals surface area contributed by atoms with E-state index in [1.165, 1.54) is 32.4 Å². The maximum atomic E-state index is 4.17. The summed E-state index contributed by atoms with van der Waals surface area (Å²) in [5.41, 5.74) is 0. The van der Waals surface area contributed by atoms with Crippen molar-refractivity contribution in [3.8, 4) is 0 Å². The fourth-order valence-electron chi connectivity index (χ4n) is 1.75. The lowest BCUT2D eigenvalue weighted by molar-refractivity contribution is 0.243. The predicted molar refractivity (Wildman–Crippen MR) is 63.6 cm³/mol. The average Bonchev–Trinajstić information content (AvgIpc) is 2.29. The van der Waals surface area contributed by atoms with E-state index in [4.69, 9.17) is 0 Å². The van der Waals surface area contributed by atoms with E-state index in [0.717, 1.165) is 17.0 Å². The van der Waals surface area contributed by atoms with Crippen molar-refractivity contribution in [3.05, 3.63) is 17.0 Å². The third-order valence-corrected chi connectivity index (χ3v) is 3.17. The van der Waals surface area contributed by atoms with E-state index in [1.807, 2.05) is 0 Å². The fraction of sp³-hybridized carbons (Fsp3) is 0.600. The van der Waals surface area contributed by atoms with Gasteiger partial charge in [-0.1, -0.05) is 6.42 Å². The highest BCUT2D eigenvalue weighted by Crippen LogP contribution is 2.17. The van der Waals surface area contributed by atoms with Crippen molar-refractivity contribution in [1.29, 1.82) is 0 Å². The van der Waals surface area contributed by atoms with E-state index >= 15 is 0 Å². The minimum atomic E-state index is 0.871. The van der Waals surface area contributed by atoms with Crippen LogP contribution >= 0.6 is 15.9 Å². The molecule has 1 N–H and O–H groups in total. The molecule has 0 aromatic carbocycles. The van der Waals surface area contributed by atoms with Gasteiger partial charge in [-0.15, -0.1) is 0 Å². The van der Waals surface area contributed by atoms with Gasteiger partial charge in [0.15, 0.2) is 0 Å². The summed E-state index contributed by atoms with van der Waals surface area (Å²) in [7, 11) is 0. The van der Waals surface area contributed by atoms with E-state index in [0.29, 0.717) is 0 Å². The summed E-state index contributed by atoms with van der Waals surface area (Å²) >= 11 is 3.42. The van der Waals surface area contributed by atoms with Crippen LogP contribution in [0.3, 0.4) is 0 Å². The van der Waals surface area contributed by atoms with Crippen molar-refractivity contribution in [2.45, 2.75) is 19.3 Å². The maximum Gasteiger partial charge on any atom is 0.144 e. The zero-order valence-corrected chi connectivity index (χ0v) is 10.2. The first-order valence-electron chi connectivity index (χ1n) is 5.28. The molecule has 0 saturated carbocycles. The van der Waals surface area contributed by atoms with E-state index in [1.54, 1.807) is 12.5 Å². The lowest BCUT2D eigenvalue weighted by Crippen LogP contribution is -2.34. The van der Waals surface area contributed by atoms with Gasteiger partial charge in [0.05, 0.1) is 11.1 Å². The highest BCUT2D eigenvalue weighted by atomic mass is 79.9. The SMILES string of the molecule is Brc1cncnc1NCN1CCCCC1. The molecule has 1 aliphatic rings.